The third kappa shape index (κ3) is 9.77. The third-order valence-electron chi connectivity index (χ3n) is 1.88. The molecule has 1 unspecified atom stereocenters. The molecule has 0 rings (SSSR count). The van der Waals surface area contributed by atoms with Gasteiger partial charge >= 0.3 is 11.9 Å². The standard InChI is InChI=1S/C11H20O6/c1-8(16-9(2)13)4-5-15-7-11(6-12)17-10(3)14/h8,11-12H,4-7H2,1-3H3/t8-,11?/m1/s1. The lowest BCUT2D eigenvalue weighted by molar-refractivity contribution is -0.153. The lowest BCUT2D eigenvalue weighted by Gasteiger charge is -2.16. The van der Waals surface area contributed by atoms with Gasteiger partial charge in [0.25, 0.3) is 0 Å². The van der Waals surface area contributed by atoms with Crippen LogP contribution in [0.5, 0.6) is 0 Å². The van der Waals surface area contributed by atoms with Crippen molar-refractivity contribution in [3.8, 4) is 0 Å². The van der Waals surface area contributed by atoms with Crippen LogP contribution in [0.4, 0.5) is 0 Å². The van der Waals surface area contributed by atoms with Gasteiger partial charge in [-0.15, -0.1) is 0 Å². The molecule has 0 saturated heterocycles. The van der Waals surface area contributed by atoms with Gasteiger partial charge in [-0.3, -0.25) is 9.59 Å². The molecule has 6 heteroatoms. The summed E-state index contributed by atoms with van der Waals surface area (Å²) >= 11 is 0. The molecule has 0 aromatic carbocycles. The highest BCUT2D eigenvalue weighted by atomic mass is 16.6. The molecule has 100 valence electrons. The van der Waals surface area contributed by atoms with Gasteiger partial charge in [-0.2, -0.15) is 0 Å². The first-order valence-corrected chi connectivity index (χ1v) is 5.48. The van der Waals surface area contributed by atoms with E-state index < -0.39 is 12.1 Å². The van der Waals surface area contributed by atoms with Crippen LogP contribution in [0.3, 0.4) is 0 Å². The third-order valence-corrected chi connectivity index (χ3v) is 1.88. The van der Waals surface area contributed by atoms with Crippen LogP contribution in [0.2, 0.25) is 0 Å². The molecule has 0 saturated carbocycles. The summed E-state index contributed by atoms with van der Waals surface area (Å²) in [5.41, 5.74) is 0. The second-order valence-electron chi connectivity index (χ2n) is 3.70. The number of esters is 2. The van der Waals surface area contributed by atoms with Gasteiger partial charge in [0, 0.05) is 20.3 Å². The van der Waals surface area contributed by atoms with Crippen molar-refractivity contribution in [1.82, 2.24) is 0 Å². The molecule has 1 N–H and O–H groups in total. The predicted molar refractivity (Wildman–Crippen MR) is 59.3 cm³/mol. The Morgan fingerprint density at radius 1 is 1.18 bits per heavy atom. The number of hydrogen-bond acceptors (Lipinski definition) is 6. The number of carbonyl (C=O) groups excluding carboxylic acids is 2. The average molecular weight is 248 g/mol. The van der Waals surface area contributed by atoms with Crippen LogP contribution in [0.25, 0.3) is 0 Å². The fraction of sp³-hybridized carbons (Fsp3) is 0.818. The molecule has 0 radical (unpaired) electrons. The quantitative estimate of drug-likeness (QED) is 0.490. The molecule has 2 atom stereocenters. The van der Waals surface area contributed by atoms with Gasteiger partial charge in [0.15, 0.2) is 0 Å². The van der Waals surface area contributed by atoms with Crippen LogP contribution in [0.15, 0.2) is 0 Å². The van der Waals surface area contributed by atoms with E-state index in [1.54, 1.807) is 6.92 Å². The largest absolute Gasteiger partial charge is 0.463 e. The molecule has 0 bridgehead atoms. The van der Waals surface area contributed by atoms with Crippen LogP contribution in [-0.2, 0) is 23.8 Å². The molecule has 0 aromatic rings. The number of rotatable bonds is 8. The lowest BCUT2D eigenvalue weighted by atomic mass is 10.3. The number of aliphatic hydroxyl groups is 1. The first kappa shape index (κ1) is 15.9. The highest BCUT2D eigenvalue weighted by Crippen LogP contribution is 2.00. The highest BCUT2D eigenvalue weighted by Gasteiger charge is 2.11. The Kier molecular flexibility index (Phi) is 8.35. The van der Waals surface area contributed by atoms with Crippen molar-refractivity contribution in [1.29, 1.82) is 0 Å². The van der Waals surface area contributed by atoms with E-state index >= 15 is 0 Å². The molecule has 0 amide bonds. The van der Waals surface area contributed by atoms with E-state index in [2.05, 4.69) is 0 Å². The molecule has 0 aromatic heterocycles. The van der Waals surface area contributed by atoms with Gasteiger partial charge in [0.1, 0.15) is 12.2 Å². The first-order valence-electron chi connectivity index (χ1n) is 5.48. The number of carbonyl (C=O) groups is 2. The Morgan fingerprint density at radius 2 is 1.76 bits per heavy atom. The van der Waals surface area contributed by atoms with Crippen molar-refractivity contribution >= 4 is 11.9 Å². The van der Waals surface area contributed by atoms with Crippen molar-refractivity contribution in [2.75, 3.05) is 19.8 Å². The SMILES string of the molecule is CC(=O)OC(CO)COCC[C@@H](C)OC(C)=O. The Balaban J connectivity index is 3.61. The van der Waals surface area contributed by atoms with Crippen molar-refractivity contribution < 1.29 is 28.9 Å². The maximum atomic E-state index is 10.6. The number of aliphatic hydroxyl groups excluding tert-OH is 1. The molecule has 0 spiro atoms. The van der Waals surface area contributed by atoms with E-state index in [4.69, 9.17) is 19.3 Å². The zero-order valence-corrected chi connectivity index (χ0v) is 10.5. The van der Waals surface area contributed by atoms with E-state index in [0.29, 0.717) is 13.0 Å². The van der Waals surface area contributed by atoms with Gasteiger partial charge in [0.05, 0.1) is 19.8 Å². The van der Waals surface area contributed by atoms with Crippen LogP contribution in [0.1, 0.15) is 27.2 Å². The molecule has 0 aliphatic heterocycles. The van der Waals surface area contributed by atoms with Gasteiger partial charge in [-0.25, -0.2) is 0 Å². The summed E-state index contributed by atoms with van der Waals surface area (Å²) in [6.45, 7) is 4.60. The minimum Gasteiger partial charge on any atom is -0.463 e. The van der Waals surface area contributed by atoms with E-state index in [1.807, 2.05) is 0 Å². The Morgan fingerprint density at radius 3 is 2.24 bits per heavy atom. The summed E-state index contributed by atoms with van der Waals surface area (Å²) in [5.74, 6) is -0.786. The van der Waals surface area contributed by atoms with Crippen LogP contribution in [0, 0.1) is 0 Å². The fourth-order valence-corrected chi connectivity index (χ4v) is 1.17. The molecule has 0 aliphatic rings. The van der Waals surface area contributed by atoms with Crippen molar-refractivity contribution in [3.05, 3.63) is 0 Å². The molecule has 0 heterocycles. The number of hydrogen-bond donors (Lipinski definition) is 1. The van der Waals surface area contributed by atoms with E-state index in [-0.39, 0.29) is 25.3 Å². The van der Waals surface area contributed by atoms with Crippen molar-refractivity contribution in [2.45, 2.75) is 39.4 Å². The number of ether oxygens (including phenoxy) is 3. The summed E-state index contributed by atoms with van der Waals surface area (Å²) in [6.07, 6.45) is -0.303. The zero-order chi connectivity index (χ0) is 13.3. The van der Waals surface area contributed by atoms with Crippen molar-refractivity contribution in [2.24, 2.45) is 0 Å². The highest BCUT2D eigenvalue weighted by molar-refractivity contribution is 5.66. The normalized spacial score (nSPS) is 13.9. The summed E-state index contributed by atoms with van der Waals surface area (Å²) in [6, 6.07) is 0. The minimum atomic E-state index is -0.642. The average Bonchev–Trinajstić information content (AvgIpc) is 2.20. The van der Waals surface area contributed by atoms with Gasteiger partial charge in [0.2, 0.25) is 0 Å². The molecular weight excluding hydrogens is 228 g/mol. The smallest absolute Gasteiger partial charge is 0.303 e. The molecule has 17 heavy (non-hydrogen) atoms. The van der Waals surface area contributed by atoms with E-state index in [1.165, 1.54) is 13.8 Å². The Bertz CT molecular complexity index is 240. The summed E-state index contributed by atoms with van der Waals surface area (Å²) in [4.78, 5) is 21.2. The zero-order valence-electron chi connectivity index (χ0n) is 10.5. The van der Waals surface area contributed by atoms with Crippen LogP contribution < -0.4 is 0 Å². The summed E-state index contributed by atoms with van der Waals surface area (Å²) in [5, 5.41) is 8.88. The molecule has 0 fully saturated rings. The van der Waals surface area contributed by atoms with Crippen molar-refractivity contribution in [3.63, 3.8) is 0 Å². The maximum Gasteiger partial charge on any atom is 0.303 e. The monoisotopic (exact) mass is 248 g/mol. The first-order chi connectivity index (χ1) is 7.95. The topological polar surface area (TPSA) is 82.1 Å². The predicted octanol–water partition coefficient (Wildman–Crippen LogP) is 0.269. The van der Waals surface area contributed by atoms with E-state index in [9.17, 15) is 9.59 Å². The van der Waals surface area contributed by atoms with Gasteiger partial charge in [-0.1, -0.05) is 0 Å². The Hall–Kier alpha value is -1.14. The molecule has 6 nitrogen and oxygen atoms in total. The minimum absolute atomic E-state index is 0.128. The maximum absolute atomic E-state index is 10.6. The Labute approximate surface area is 101 Å². The van der Waals surface area contributed by atoms with E-state index in [0.717, 1.165) is 0 Å². The van der Waals surface area contributed by atoms with Crippen LogP contribution >= 0.6 is 0 Å². The van der Waals surface area contributed by atoms with Gasteiger partial charge < -0.3 is 19.3 Å². The summed E-state index contributed by atoms with van der Waals surface area (Å²) < 4.78 is 14.9. The van der Waals surface area contributed by atoms with Gasteiger partial charge in [-0.05, 0) is 6.92 Å². The van der Waals surface area contributed by atoms with Crippen LogP contribution in [-0.4, -0.2) is 49.1 Å². The molecular formula is C11H20O6. The fourth-order valence-electron chi connectivity index (χ4n) is 1.17. The second-order valence-corrected chi connectivity index (χ2v) is 3.70. The summed E-state index contributed by atoms with van der Waals surface area (Å²) in [7, 11) is 0. The second kappa shape index (κ2) is 8.95. The molecule has 0 aliphatic carbocycles. The lowest BCUT2D eigenvalue weighted by Crippen LogP contribution is -2.27.